The van der Waals surface area contributed by atoms with E-state index < -0.39 is 0 Å². The third-order valence-corrected chi connectivity index (χ3v) is 1.68. The van der Waals surface area contributed by atoms with Gasteiger partial charge in [-0.3, -0.25) is 0 Å². The van der Waals surface area contributed by atoms with E-state index in [2.05, 4.69) is 4.74 Å². The standard InChI is InChI=1S/C10H18O4/c1-8(10(11)13-4)5-6-14-9(2)7-12-3/h5,9H,6-7H2,1-4H3. The highest BCUT2D eigenvalue weighted by Crippen LogP contribution is 1.97. The molecule has 0 heterocycles. The lowest BCUT2D eigenvalue weighted by Gasteiger charge is -2.09. The summed E-state index contributed by atoms with van der Waals surface area (Å²) in [7, 11) is 2.98. The highest BCUT2D eigenvalue weighted by Gasteiger charge is 2.03. The molecule has 0 aliphatic rings. The molecule has 0 fully saturated rings. The minimum absolute atomic E-state index is 0.0293. The molecule has 0 aromatic heterocycles. The zero-order chi connectivity index (χ0) is 11.0. The first-order valence-electron chi connectivity index (χ1n) is 4.47. The molecule has 4 nitrogen and oxygen atoms in total. The molecule has 1 unspecified atom stereocenters. The van der Waals surface area contributed by atoms with Crippen molar-refractivity contribution in [2.24, 2.45) is 0 Å². The molecule has 82 valence electrons. The van der Waals surface area contributed by atoms with Crippen LogP contribution in [0.15, 0.2) is 11.6 Å². The van der Waals surface area contributed by atoms with E-state index in [-0.39, 0.29) is 12.1 Å². The summed E-state index contributed by atoms with van der Waals surface area (Å²) in [5.74, 6) is -0.326. The van der Waals surface area contributed by atoms with Gasteiger partial charge >= 0.3 is 5.97 Å². The molecule has 0 saturated carbocycles. The number of rotatable bonds is 6. The van der Waals surface area contributed by atoms with Gasteiger partial charge in [-0.25, -0.2) is 4.79 Å². The minimum Gasteiger partial charge on any atom is -0.466 e. The maximum absolute atomic E-state index is 10.9. The Morgan fingerprint density at radius 2 is 2.07 bits per heavy atom. The van der Waals surface area contributed by atoms with Crippen LogP contribution in [0.3, 0.4) is 0 Å². The maximum atomic E-state index is 10.9. The van der Waals surface area contributed by atoms with Gasteiger partial charge in [-0.2, -0.15) is 0 Å². The lowest BCUT2D eigenvalue weighted by Crippen LogP contribution is -2.15. The first-order valence-corrected chi connectivity index (χ1v) is 4.47. The molecule has 0 spiro atoms. The van der Waals surface area contributed by atoms with Crippen molar-refractivity contribution in [1.82, 2.24) is 0 Å². The molecule has 0 radical (unpaired) electrons. The number of hydrogen-bond donors (Lipinski definition) is 0. The number of esters is 1. The van der Waals surface area contributed by atoms with E-state index in [0.29, 0.717) is 18.8 Å². The first-order chi connectivity index (χ1) is 6.61. The summed E-state index contributed by atoms with van der Waals surface area (Å²) in [5, 5.41) is 0. The molecular weight excluding hydrogens is 184 g/mol. The quantitative estimate of drug-likeness (QED) is 0.479. The monoisotopic (exact) mass is 202 g/mol. The van der Waals surface area contributed by atoms with E-state index >= 15 is 0 Å². The van der Waals surface area contributed by atoms with E-state index in [9.17, 15) is 4.79 Å². The molecule has 4 heteroatoms. The predicted molar refractivity (Wildman–Crippen MR) is 53.1 cm³/mol. The first kappa shape index (κ1) is 13.1. The Bertz CT molecular complexity index is 198. The molecule has 0 aliphatic heterocycles. The Kier molecular flexibility index (Phi) is 7.06. The highest BCUT2D eigenvalue weighted by atomic mass is 16.5. The zero-order valence-electron chi connectivity index (χ0n) is 9.20. The average Bonchev–Trinajstić information content (AvgIpc) is 2.16. The van der Waals surface area contributed by atoms with Gasteiger partial charge in [-0.15, -0.1) is 0 Å². The van der Waals surface area contributed by atoms with E-state index in [1.807, 2.05) is 6.92 Å². The number of ether oxygens (including phenoxy) is 3. The van der Waals surface area contributed by atoms with Crippen molar-refractivity contribution < 1.29 is 19.0 Å². The SMILES string of the molecule is COCC(C)OCC=C(C)C(=O)OC. The van der Waals surface area contributed by atoms with Crippen LogP contribution in [0.1, 0.15) is 13.8 Å². The Morgan fingerprint density at radius 1 is 1.43 bits per heavy atom. The smallest absolute Gasteiger partial charge is 0.333 e. The van der Waals surface area contributed by atoms with Gasteiger partial charge in [0.2, 0.25) is 0 Å². The van der Waals surface area contributed by atoms with Crippen molar-refractivity contribution in [3.63, 3.8) is 0 Å². The lowest BCUT2D eigenvalue weighted by atomic mass is 10.3. The fourth-order valence-electron chi connectivity index (χ4n) is 0.865. The minimum atomic E-state index is -0.326. The Labute approximate surface area is 84.8 Å². The second kappa shape index (κ2) is 7.53. The predicted octanol–water partition coefficient (Wildman–Crippen LogP) is 1.16. The van der Waals surface area contributed by atoms with Crippen molar-refractivity contribution in [2.75, 3.05) is 27.4 Å². The lowest BCUT2D eigenvalue weighted by molar-refractivity contribution is -0.136. The molecule has 0 aromatic carbocycles. The van der Waals surface area contributed by atoms with Crippen LogP contribution in [0, 0.1) is 0 Å². The van der Waals surface area contributed by atoms with Crippen LogP contribution in [0.5, 0.6) is 0 Å². The van der Waals surface area contributed by atoms with Crippen LogP contribution in [-0.2, 0) is 19.0 Å². The number of carbonyl (C=O) groups excluding carboxylic acids is 1. The second-order valence-electron chi connectivity index (χ2n) is 2.98. The topological polar surface area (TPSA) is 44.8 Å². The zero-order valence-corrected chi connectivity index (χ0v) is 9.20. The largest absolute Gasteiger partial charge is 0.466 e. The summed E-state index contributed by atoms with van der Waals surface area (Å²) in [5.41, 5.74) is 0.553. The molecule has 0 aliphatic carbocycles. The fraction of sp³-hybridized carbons (Fsp3) is 0.700. The van der Waals surface area contributed by atoms with Crippen LogP contribution in [0.2, 0.25) is 0 Å². The second-order valence-corrected chi connectivity index (χ2v) is 2.98. The van der Waals surface area contributed by atoms with Gasteiger partial charge in [0, 0.05) is 12.7 Å². The van der Waals surface area contributed by atoms with Crippen LogP contribution >= 0.6 is 0 Å². The van der Waals surface area contributed by atoms with Gasteiger partial charge < -0.3 is 14.2 Å². The van der Waals surface area contributed by atoms with Crippen LogP contribution in [-0.4, -0.2) is 39.5 Å². The Morgan fingerprint density at radius 3 is 2.57 bits per heavy atom. The van der Waals surface area contributed by atoms with E-state index in [0.717, 1.165) is 0 Å². The van der Waals surface area contributed by atoms with E-state index in [1.54, 1.807) is 20.1 Å². The summed E-state index contributed by atoms with van der Waals surface area (Å²) in [6, 6.07) is 0. The van der Waals surface area contributed by atoms with Crippen molar-refractivity contribution in [3.05, 3.63) is 11.6 Å². The normalized spacial score (nSPS) is 13.9. The van der Waals surface area contributed by atoms with E-state index in [1.165, 1.54) is 7.11 Å². The van der Waals surface area contributed by atoms with Gasteiger partial charge in [0.25, 0.3) is 0 Å². The van der Waals surface area contributed by atoms with Crippen LogP contribution in [0.25, 0.3) is 0 Å². The van der Waals surface area contributed by atoms with Crippen LogP contribution in [0.4, 0.5) is 0 Å². The molecular formula is C10H18O4. The highest BCUT2D eigenvalue weighted by molar-refractivity contribution is 5.87. The summed E-state index contributed by atoms with van der Waals surface area (Å²) in [6.07, 6.45) is 1.72. The molecule has 0 rings (SSSR count). The Hall–Kier alpha value is -0.870. The van der Waals surface area contributed by atoms with Crippen molar-refractivity contribution in [1.29, 1.82) is 0 Å². The summed E-state index contributed by atoms with van der Waals surface area (Å²) in [6.45, 7) is 4.54. The molecule has 0 bridgehead atoms. The molecule has 0 saturated heterocycles. The van der Waals surface area contributed by atoms with Gasteiger partial charge in [0.15, 0.2) is 0 Å². The average molecular weight is 202 g/mol. The van der Waals surface area contributed by atoms with Crippen molar-refractivity contribution in [3.8, 4) is 0 Å². The van der Waals surface area contributed by atoms with Crippen molar-refractivity contribution >= 4 is 5.97 Å². The van der Waals surface area contributed by atoms with Gasteiger partial charge in [0.05, 0.1) is 26.4 Å². The molecule has 14 heavy (non-hydrogen) atoms. The third kappa shape index (κ3) is 5.72. The maximum Gasteiger partial charge on any atom is 0.333 e. The van der Waals surface area contributed by atoms with Crippen LogP contribution < -0.4 is 0 Å². The van der Waals surface area contributed by atoms with Gasteiger partial charge in [-0.1, -0.05) is 0 Å². The third-order valence-electron chi connectivity index (χ3n) is 1.68. The fourth-order valence-corrected chi connectivity index (χ4v) is 0.865. The number of methoxy groups -OCH3 is 2. The molecule has 0 N–H and O–H groups in total. The Balaban J connectivity index is 3.75. The summed E-state index contributed by atoms with van der Waals surface area (Å²) in [4.78, 5) is 10.9. The number of carbonyl (C=O) groups is 1. The molecule has 1 atom stereocenters. The molecule has 0 amide bonds. The van der Waals surface area contributed by atoms with E-state index in [4.69, 9.17) is 9.47 Å². The van der Waals surface area contributed by atoms with Gasteiger partial charge in [-0.05, 0) is 19.9 Å². The number of hydrogen-bond acceptors (Lipinski definition) is 4. The molecule has 0 aromatic rings. The summed E-state index contributed by atoms with van der Waals surface area (Å²) >= 11 is 0. The summed E-state index contributed by atoms with van der Waals surface area (Å²) < 4.78 is 14.8. The van der Waals surface area contributed by atoms with Gasteiger partial charge in [0.1, 0.15) is 0 Å². The van der Waals surface area contributed by atoms with Crippen molar-refractivity contribution in [2.45, 2.75) is 20.0 Å².